The van der Waals surface area contributed by atoms with Gasteiger partial charge in [-0.2, -0.15) is 0 Å². The second-order valence-electron chi connectivity index (χ2n) is 5.36. The fourth-order valence-corrected chi connectivity index (χ4v) is 2.24. The predicted octanol–water partition coefficient (Wildman–Crippen LogP) is 2.98. The minimum atomic E-state index is 0. The number of guanidine groups is 1. The molecular weight excluding hydrogens is 439 g/mol. The number of ether oxygens (including phenoxy) is 1. The van der Waals surface area contributed by atoms with Crippen LogP contribution in [0.15, 0.2) is 29.3 Å². The molecule has 0 unspecified atom stereocenters. The molecule has 1 aromatic rings. The van der Waals surface area contributed by atoms with E-state index in [9.17, 15) is 0 Å². The van der Waals surface area contributed by atoms with Crippen LogP contribution in [0.5, 0.6) is 0 Å². The Morgan fingerprint density at radius 1 is 1.25 bits per heavy atom. The molecule has 0 aliphatic rings. The van der Waals surface area contributed by atoms with E-state index in [1.54, 1.807) is 7.11 Å². The normalized spacial score (nSPS) is 11.3. The molecule has 1 aromatic carbocycles. The number of hydrogen-bond acceptors (Lipinski definition) is 3. The molecule has 0 fully saturated rings. The van der Waals surface area contributed by atoms with Crippen LogP contribution in [0.1, 0.15) is 18.9 Å². The molecule has 0 amide bonds. The molecule has 0 saturated heterocycles. The van der Waals surface area contributed by atoms with E-state index in [1.807, 2.05) is 24.3 Å². The Hall–Kier alpha value is -0.570. The fourth-order valence-electron chi connectivity index (χ4n) is 2.05. The molecule has 0 aliphatic carbocycles. The van der Waals surface area contributed by atoms with Gasteiger partial charge in [-0.25, -0.2) is 4.99 Å². The zero-order valence-electron chi connectivity index (χ0n) is 14.8. The molecule has 5 nitrogen and oxygen atoms in total. The van der Waals surface area contributed by atoms with Gasteiger partial charge >= 0.3 is 0 Å². The lowest BCUT2D eigenvalue weighted by Crippen LogP contribution is -2.38. The van der Waals surface area contributed by atoms with Crippen molar-refractivity contribution in [2.45, 2.75) is 19.9 Å². The molecule has 0 atom stereocenters. The Bertz CT molecular complexity index is 474. The first-order chi connectivity index (χ1) is 11.2. The maximum atomic E-state index is 6.16. The number of aliphatic imine (C=N–C) groups is 1. The Morgan fingerprint density at radius 3 is 2.67 bits per heavy atom. The quantitative estimate of drug-likeness (QED) is 0.240. The van der Waals surface area contributed by atoms with Crippen LogP contribution in [-0.2, 0) is 11.3 Å². The highest BCUT2D eigenvalue weighted by atomic mass is 127. The van der Waals surface area contributed by atoms with Crippen molar-refractivity contribution < 1.29 is 4.74 Å². The number of rotatable bonds is 10. The summed E-state index contributed by atoms with van der Waals surface area (Å²) in [7, 11) is 3.84. The van der Waals surface area contributed by atoms with Crippen LogP contribution in [0.3, 0.4) is 0 Å². The van der Waals surface area contributed by atoms with E-state index in [4.69, 9.17) is 16.3 Å². The third-order valence-electron chi connectivity index (χ3n) is 3.40. The lowest BCUT2D eigenvalue weighted by atomic mass is 10.2. The summed E-state index contributed by atoms with van der Waals surface area (Å²) in [6, 6.07) is 7.80. The Kier molecular flexibility index (Phi) is 14.4. The van der Waals surface area contributed by atoms with Crippen LogP contribution in [0.25, 0.3) is 0 Å². The lowest BCUT2D eigenvalue weighted by molar-refractivity contribution is 0.161. The molecule has 0 aliphatic heterocycles. The summed E-state index contributed by atoms with van der Waals surface area (Å²) in [4.78, 5) is 6.85. The first-order valence-corrected chi connectivity index (χ1v) is 8.48. The first kappa shape index (κ1) is 23.4. The van der Waals surface area contributed by atoms with Gasteiger partial charge in [-0.15, -0.1) is 24.0 Å². The zero-order chi connectivity index (χ0) is 16.9. The standard InChI is InChI=1S/C17H29ClN4O.HI/c1-4-19-17(20-10-7-11-22(2)12-13-23-3)21-14-15-8-5-6-9-16(15)18;/h5-6,8-9H,4,7,10-14H2,1-3H3,(H2,19,20,21);1H. The van der Waals surface area contributed by atoms with Crippen LogP contribution < -0.4 is 10.6 Å². The molecule has 24 heavy (non-hydrogen) atoms. The molecule has 0 saturated carbocycles. The summed E-state index contributed by atoms with van der Waals surface area (Å²) in [5.74, 6) is 0.826. The van der Waals surface area contributed by atoms with Crippen LogP contribution in [0, 0.1) is 0 Å². The van der Waals surface area contributed by atoms with Gasteiger partial charge in [-0.3, -0.25) is 0 Å². The predicted molar refractivity (Wildman–Crippen MR) is 114 cm³/mol. The second-order valence-corrected chi connectivity index (χ2v) is 5.77. The molecular formula is C17H30ClIN4O. The van der Waals surface area contributed by atoms with Gasteiger partial charge in [-0.05, 0) is 38.6 Å². The number of halogens is 2. The molecule has 2 N–H and O–H groups in total. The summed E-state index contributed by atoms with van der Waals surface area (Å²) in [6.07, 6.45) is 1.05. The SMILES string of the molecule is CCNC(=NCc1ccccc1Cl)NCCCN(C)CCOC.I. The number of hydrogen-bond donors (Lipinski definition) is 2. The molecule has 0 heterocycles. The smallest absolute Gasteiger partial charge is 0.191 e. The average molecular weight is 469 g/mol. The topological polar surface area (TPSA) is 48.9 Å². The number of likely N-dealkylation sites (N-methyl/N-ethyl adjacent to an activating group) is 1. The highest BCUT2D eigenvalue weighted by Gasteiger charge is 2.01. The number of nitrogens with zero attached hydrogens (tertiary/aromatic N) is 2. The van der Waals surface area contributed by atoms with Gasteiger partial charge in [0.1, 0.15) is 0 Å². The van der Waals surface area contributed by atoms with E-state index < -0.39 is 0 Å². The molecule has 0 radical (unpaired) electrons. The number of nitrogens with one attached hydrogen (secondary N) is 2. The largest absolute Gasteiger partial charge is 0.383 e. The molecule has 0 bridgehead atoms. The van der Waals surface area contributed by atoms with E-state index in [-0.39, 0.29) is 24.0 Å². The van der Waals surface area contributed by atoms with Crippen molar-refractivity contribution >= 4 is 41.5 Å². The first-order valence-electron chi connectivity index (χ1n) is 8.10. The fraction of sp³-hybridized carbons (Fsp3) is 0.588. The zero-order valence-corrected chi connectivity index (χ0v) is 17.9. The third kappa shape index (κ3) is 10.3. The molecule has 1 rings (SSSR count). The highest BCUT2D eigenvalue weighted by molar-refractivity contribution is 14.0. The Balaban J connectivity index is 0.00000529. The maximum absolute atomic E-state index is 6.16. The van der Waals surface area contributed by atoms with E-state index in [0.717, 1.165) is 55.8 Å². The van der Waals surface area contributed by atoms with Gasteiger partial charge in [0.25, 0.3) is 0 Å². The summed E-state index contributed by atoms with van der Waals surface area (Å²) >= 11 is 6.16. The average Bonchev–Trinajstić information content (AvgIpc) is 2.55. The number of benzene rings is 1. The van der Waals surface area contributed by atoms with E-state index in [1.165, 1.54) is 0 Å². The van der Waals surface area contributed by atoms with Crippen molar-refractivity contribution in [2.75, 3.05) is 46.9 Å². The van der Waals surface area contributed by atoms with Gasteiger partial charge in [0, 0.05) is 31.8 Å². The molecule has 0 spiro atoms. The van der Waals surface area contributed by atoms with Crippen molar-refractivity contribution in [1.82, 2.24) is 15.5 Å². The van der Waals surface area contributed by atoms with E-state index >= 15 is 0 Å². The Labute approximate surface area is 168 Å². The van der Waals surface area contributed by atoms with Gasteiger partial charge in [-0.1, -0.05) is 29.8 Å². The van der Waals surface area contributed by atoms with Gasteiger partial charge in [0.2, 0.25) is 0 Å². The van der Waals surface area contributed by atoms with Crippen LogP contribution in [-0.4, -0.2) is 57.8 Å². The van der Waals surface area contributed by atoms with Crippen molar-refractivity contribution in [1.29, 1.82) is 0 Å². The van der Waals surface area contributed by atoms with Crippen molar-refractivity contribution in [3.8, 4) is 0 Å². The maximum Gasteiger partial charge on any atom is 0.191 e. The summed E-state index contributed by atoms with van der Waals surface area (Å²) < 4.78 is 5.08. The highest BCUT2D eigenvalue weighted by Crippen LogP contribution is 2.15. The second kappa shape index (κ2) is 14.7. The van der Waals surface area contributed by atoms with Crippen molar-refractivity contribution in [3.63, 3.8) is 0 Å². The van der Waals surface area contributed by atoms with Crippen LogP contribution >= 0.6 is 35.6 Å². The van der Waals surface area contributed by atoms with Crippen molar-refractivity contribution in [3.05, 3.63) is 34.9 Å². The monoisotopic (exact) mass is 468 g/mol. The molecule has 138 valence electrons. The summed E-state index contributed by atoms with van der Waals surface area (Å²) in [6.45, 7) is 7.10. The summed E-state index contributed by atoms with van der Waals surface area (Å²) in [5, 5.41) is 7.37. The third-order valence-corrected chi connectivity index (χ3v) is 3.76. The van der Waals surface area contributed by atoms with Crippen LogP contribution in [0.2, 0.25) is 5.02 Å². The van der Waals surface area contributed by atoms with Gasteiger partial charge in [0.05, 0.1) is 13.2 Å². The Morgan fingerprint density at radius 2 is 2.00 bits per heavy atom. The minimum Gasteiger partial charge on any atom is -0.383 e. The van der Waals surface area contributed by atoms with E-state index in [0.29, 0.717) is 6.54 Å². The lowest BCUT2D eigenvalue weighted by Gasteiger charge is -2.17. The van der Waals surface area contributed by atoms with Gasteiger partial charge < -0.3 is 20.3 Å². The molecule has 0 aromatic heterocycles. The minimum absolute atomic E-state index is 0. The number of methoxy groups -OCH3 is 1. The van der Waals surface area contributed by atoms with Gasteiger partial charge in [0.15, 0.2) is 5.96 Å². The summed E-state index contributed by atoms with van der Waals surface area (Å²) in [5.41, 5.74) is 1.03. The van der Waals surface area contributed by atoms with Crippen LogP contribution in [0.4, 0.5) is 0 Å². The van der Waals surface area contributed by atoms with Crippen molar-refractivity contribution in [2.24, 2.45) is 4.99 Å². The van der Waals surface area contributed by atoms with E-state index in [2.05, 4.69) is 34.5 Å². The molecule has 7 heteroatoms.